The van der Waals surface area contributed by atoms with Crippen LogP contribution in [0.15, 0.2) is 0 Å². The minimum Gasteiger partial charge on any atom is -0.381 e. The Morgan fingerprint density at radius 1 is 0.947 bits per heavy atom. The molecule has 2 saturated heterocycles. The molecule has 3 fully saturated rings. The fourth-order valence-electron chi connectivity index (χ4n) is 4.38. The van der Waals surface area contributed by atoms with Crippen LogP contribution >= 0.6 is 0 Å². The molecule has 108 valence electrons. The zero-order chi connectivity index (χ0) is 13.1. The van der Waals surface area contributed by atoms with Crippen molar-refractivity contribution in [1.82, 2.24) is 4.90 Å². The van der Waals surface area contributed by atoms with Crippen molar-refractivity contribution in [2.24, 2.45) is 5.92 Å². The maximum Gasteiger partial charge on any atom is 0.226 e. The predicted octanol–water partition coefficient (Wildman–Crippen LogP) is 3.13. The van der Waals surface area contributed by atoms with Crippen molar-refractivity contribution in [3.05, 3.63) is 0 Å². The summed E-state index contributed by atoms with van der Waals surface area (Å²) in [6.07, 6.45) is 12.0. The summed E-state index contributed by atoms with van der Waals surface area (Å²) in [5, 5.41) is 0. The van der Waals surface area contributed by atoms with E-state index in [0.717, 1.165) is 39.0 Å². The first kappa shape index (κ1) is 13.4. The molecule has 19 heavy (non-hydrogen) atoms. The van der Waals surface area contributed by atoms with E-state index in [1.54, 1.807) is 0 Å². The minimum absolute atomic E-state index is 0.236. The summed E-state index contributed by atoms with van der Waals surface area (Å²) in [6.45, 7) is 2.63. The van der Waals surface area contributed by atoms with E-state index >= 15 is 0 Å². The van der Waals surface area contributed by atoms with Crippen LogP contribution in [0.4, 0.5) is 0 Å². The summed E-state index contributed by atoms with van der Waals surface area (Å²) in [4.78, 5) is 15.2. The highest BCUT2D eigenvalue weighted by Gasteiger charge is 2.45. The smallest absolute Gasteiger partial charge is 0.226 e. The van der Waals surface area contributed by atoms with Crippen LogP contribution in [-0.2, 0) is 9.53 Å². The largest absolute Gasteiger partial charge is 0.381 e. The first-order valence-corrected chi connectivity index (χ1v) is 8.21. The van der Waals surface area contributed by atoms with E-state index in [1.165, 1.54) is 44.9 Å². The second-order valence-corrected chi connectivity index (χ2v) is 6.62. The quantitative estimate of drug-likeness (QED) is 0.729. The van der Waals surface area contributed by atoms with Crippen LogP contribution in [0.2, 0.25) is 0 Å². The van der Waals surface area contributed by atoms with Crippen molar-refractivity contribution >= 4 is 5.91 Å². The first-order valence-electron chi connectivity index (χ1n) is 8.21. The van der Waals surface area contributed by atoms with Gasteiger partial charge in [-0.3, -0.25) is 4.79 Å². The number of nitrogens with zero attached hydrogens (tertiary/aromatic N) is 1. The van der Waals surface area contributed by atoms with Gasteiger partial charge < -0.3 is 9.64 Å². The van der Waals surface area contributed by atoms with E-state index < -0.39 is 0 Å². The van der Waals surface area contributed by atoms with Crippen LogP contribution in [0.5, 0.6) is 0 Å². The van der Waals surface area contributed by atoms with E-state index in [0.29, 0.717) is 5.91 Å². The second-order valence-electron chi connectivity index (χ2n) is 6.62. The van der Waals surface area contributed by atoms with Crippen molar-refractivity contribution in [1.29, 1.82) is 0 Å². The average molecular weight is 265 g/mol. The number of hydrogen-bond acceptors (Lipinski definition) is 2. The summed E-state index contributed by atoms with van der Waals surface area (Å²) >= 11 is 0. The Labute approximate surface area is 116 Å². The standard InChI is InChI=1S/C16H27NO2/c18-15(14-6-4-12-19-13-7-14)17-11-5-10-16(17)8-2-1-3-9-16/h14H,1-13H2. The molecule has 0 radical (unpaired) electrons. The van der Waals surface area contributed by atoms with Gasteiger partial charge in [0.25, 0.3) is 0 Å². The molecule has 3 aliphatic rings. The topological polar surface area (TPSA) is 29.5 Å². The fourth-order valence-corrected chi connectivity index (χ4v) is 4.38. The van der Waals surface area contributed by atoms with Gasteiger partial charge in [-0.2, -0.15) is 0 Å². The number of amides is 1. The van der Waals surface area contributed by atoms with Crippen LogP contribution in [0.3, 0.4) is 0 Å². The lowest BCUT2D eigenvalue weighted by molar-refractivity contribution is -0.141. The number of rotatable bonds is 1. The van der Waals surface area contributed by atoms with Gasteiger partial charge in [0.15, 0.2) is 0 Å². The molecule has 0 aromatic carbocycles. The average Bonchev–Trinajstić information content (AvgIpc) is 2.67. The van der Waals surface area contributed by atoms with E-state index in [-0.39, 0.29) is 11.5 Å². The molecule has 1 amide bonds. The number of carbonyl (C=O) groups excluding carboxylic acids is 1. The van der Waals surface area contributed by atoms with Gasteiger partial charge in [0.05, 0.1) is 0 Å². The third kappa shape index (κ3) is 2.67. The SMILES string of the molecule is O=C(C1CCCOCC1)N1CCCC12CCCCC2. The maximum atomic E-state index is 12.9. The Kier molecular flexibility index (Phi) is 4.11. The van der Waals surface area contributed by atoms with Crippen molar-refractivity contribution in [3.8, 4) is 0 Å². The highest BCUT2D eigenvalue weighted by Crippen LogP contribution is 2.42. The zero-order valence-electron chi connectivity index (χ0n) is 12.0. The highest BCUT2D eigenvalue weighted by molar-refractivity contribution is 5.80. The lowest BCUT2D eigenvalue weighted by atomic mass is 9.79. The van der Waals surface area contributed by atoms with E-state index in [2.05, 4.69) is 4.90 Å². The van der Waals surface area contributed by atoms with E-state index in [1.807, 2.05) is 0 Å². The Morgan fingerprint density at radius 2 is 1.74 bits per heavy atom. The molecule has 0 aromatic rings. The van der Waals surface area contributed by atoms with Gasteiger partial charge in [-0.15, -0.1) is 0 Å². The van der Waals surface area contributed by atoms with Gasteiger partial charge in [0, 0.05) is 31.2 Å². The normalized spacial score (nSPS) is 31.4. The molecule has 0 aromatic heterocycles. The summed E-state index contributed by atoms with van der Waals surface area (Å²) in [5.74, 6) is 0.685. The second kappa shape index (κ2) is 5.82. The third-order valence-corrected chi connectivity index (χ3v) is 5.45. The predicted molar refractivity (Wildman–Crippen MR) is 74.9 cm³/mol. The van der Waals surface area contributed by atoms with Crippen LogP contribution in [-0.4, -0.2) is 36.1 Å². The summed E-state index contributed by atoms with van der Waals surface area (Å²) < 4.78 is 5.50. The number of likely N-dealkylation sites (tertiary alicyclic amines) is 1. The van der Waals surface area contributed by atoms with Gasteiger partial charge in [0.2, 0.25) is 5.91 Å². The molecule has 2 aliphatic heterocycles. The van der Waals surface area contributed by atoms with Crippen LogP contribution in [0.1, 0.15) is 64.2 Å². The highest BCUT2D eigenvalue weighted by atomic mass is 16.5. The van der Waals surface area contributed by atoms with Gasteiger partial charge in [-0.25, -0.2) is 0 Å². The monoisotopic (exact) mass is 265 g/mol. The molecule has 1 aliphatic carbocycles. The van der Waals surface area contributed by atoms with Crippen molar-refractivity contribution in [3.63, 3.8) is 0 Å². The van der Waals surface area contributed by atoms with Crippen molar-refractivity contribution < 1.29 is 9.53 Å². The Morgan fingerprint density at radius 3 is 2.58 bits per heavy atom. The Bertz CT molecular complexity index is 315. The molecular weight excluding hydrogens is 238 g/mol. The summed E-state index contributed by atoms with van der Waals surface area (Å²) in [6, 6.07) is 0. The van der Waals surface area contributed by atoms with Crippen molar-refractivity contribution in [2.45, 2.75) is 69.7 Å². The third-order valence-electron chi connectivity index (χ3n) is 5.45. The molecule has 0 N–H and O–H groups in total. The number of hydrogen-bond donors (Lipinski definition) is 0. The van der Waals surface area contributed by atoms with Crippen LogP contribution < -0.4 is 0 Å². The van der Waals surface area contributed by atoms with E-state index in [9.17, 15) is 4.79 Å². The molecule has 0 bridgehead atoms. The van der Waals surface area contributed by atoms with Crippen LogP contribution in [0, 0.1) is 5.92 Å². The van der Waals surface area contributed by atoms with E-state index in [4.69, 9.17) is 4.74 Å². The van der Waals surface area contributed by atoms with Gasteiger partial charge >= 0.3 is 0 Å². The summed E-state index contributed by atoms with van der Waals surface area (Å²) in [7, 11) is 0. The van der Waals surface area contributed by atoms with Crippen molar-refractivity contribution in [2.75, 3.05) is 19.8 Å². The Hall–Kier alpha value is -0.570. The molecule has 3 heteroatoms. The minimum atomic E-state index is 0.236. The van der Waals surface area contributed by atoms with Gasteiger partial charge in [-0.05, 0) is 44.9 Å². The molecule has 3 nitrogen and oxygen atoms in total. The number of ether oxygens (including phenoxy) is 1. The van der Waals surface area contributed by atoms with Crippen LogP contribution in [0.25, 0.3) is 0 Å². The van der Waals surface area contributed by atoms with Gasteiger partial charge in [0.1, 0.15) is 0 Å². The molecule has 1 unspecified atom stereocenters. The molecule has 1 saturated carbocycles. The maximum absolute atomic E-state index is 12.9. The zero-order valence-corrected chi connectivity index (χ0v) is 12.0. The molecular formula is C16H27NO2. The first-order chi connectivity index (χ1) is 9.32. The molecule has 2 heterocycles. The summed E-state index contributed by atoms with van der Waals surface area (Å²) in [5.41, 5.74) is 0.252. The molecule has 3 rings (SSSR count). The lowest BCUT2D eigenvalue weighted by Gasteiger charge is -2.43. The molecule has 1 spiro atoms. The lowest BCUT2D eigenvalue weighted by Crippen LogP contribution is -2.50. The Balaban J connectivity index is 1.70. The number of carbonyl (C=O) groups is 1. The fraction of sp³-hybridized carbons (Fsp3) is 0.938. The molecule has 1 atom stereocenters. The van der Waals surface area contributed by atoms with Gasteiger partial charge in [-0.1, -0.05) is 19.3 Å².